The third kappa shape index (κ3) is 4.90. The minimum absolute atomic E-state index is 0.251. The van der Waals surface area contributed by atoms with Crippen molar-refractivity contribution in [3.05, 3.63) is 54.1 Å². The van der Waals surface area contributed by atoms with E-state index in [9.17, 15) is 22.0 Å². The van der Waals surface area contributed by atoms with Crippen LogP contribution in [0.5, 0.6) is 5.75 Å². The number of alkyl halides is 2. The molecule has 2 aromatic rings. The number of hydrogen-bond acceptors (Lipinski definition) is 4. The van der Waals surface area contributed by atoms with Crippen LogP contribution in [0.4, 0.5) is 19.3 Å². The number of carbonyl (C=O) groups excluding carboxylic acids is 1. The van der Waals surface area contributed by atoms with E-state index < -0.39 is 26.5 Å². The number of carbonyl (C=O) groups is 1. The van der Waals surface area contributed by atoms with Gasteiger partial charge in [0.2, 0.25) is 9.84 Å². The van der Waals surface area contributed by atoms with Crippen molar-refractivity contribution in [3.63, 3.8) is 0 Å². The van der Waals surface area contributed by atoms with Gasteiger partial charge in [-0.05, 0) is 42.0 Å². The normalized spacial score (nSPS) is 11.2. The predicted molar refractivity (Wildman–Crippen MR) is 88.5 cm³/mol. The minimum atomic E-state index is -4.65. The fraction of sp³-hybridized carbons (Fsp3) is 0.188. The average Bonchev–Trinajstić information content (AvgIpc) is 2.60. The van der Waals surface area contributed by atoms with Crippen molar-refractivity contribution < 1.29 is 26.7 Å². The summed E-state index contributed by atoms with van der Waals surface area (Å²) in [6.07, 6.45) is 0. The lowest BCUT2D eigenvalue weighted by Crippen LogP contribution is -2.28. The highest BCUT2D eigenvalue weighted by Gasteiger charge is 2.26. The molecule has 0 aliphatic rings. The number of anilines is 1. The monoisotopic (exact) mass is 370 g/mol. The van der Waals surface area contributed by atoms with Crippen molar-refractivity contribution in [1.29, 1.82) is 0 Å². The van der Waals surface area contributed by atoms with Crippen molar-refractivity contribution in [1.82, 2.24) is 5.32 Å². The number of benzene rings is 2. The number of rotatable bonds is 6. The van der Waals surface area contributed by atoms with Gasteiger partial charge in [0, 0.05) is 12.2 Å². The average molecular weight is 370 g/mol. The summed E-state index contributed by atoms with van der Waals surface area (Å²) in [5.74, 6) is -2.83. The molecule has 25 heavy (non-hydrogen) atoms. The summed E-state index contributed by atoms with van der Waals surface area (Å²) >= 11 is 0. The molecule has 2 aromatic carbocycles. The summed E-state index contributed by atoms with van der Waals surface area (Å²) in [6, 6.07) is 11.1. The second-order valence-corrected chi connectivity index (χ2v) is 6.91. The largest absolute Gasteiger partial charge is 0.497 e. The molecular formula is C16H16F2N2O4S. The zero-order chi connectivity index (χ0) is 18.4. The zero-order valence-corrected chi connectivity index (χ0v) is 14.0. The molecule has 134 valence electrons. The van der Waals surface area contributed by atoms with Crippen molar-refractivity contribution in [2.45, 2.75) is 17.2 Å². The maximum atomic E-state index is 12.4. The number of halogens is 2. The van der Waals surface area contributed by atoms with Gasteiger partial charge in [-0.25, -0.2) is 13.2 Å². The number of methoxy groups -OCH3 is 1. The quantitative estimate of drug-likeness (QED) is 0.819. The second-order valence-electron chi connectivity index (χ2n) is 4.99. The lowest BCUT2D eigenvalue weighted by molar-refractivity contribution is 0.234. The van der Waals surface area contributed by atoms with Gasteiger partial charge in [-0.1, -0.05) is 12.1 Å². The van der Waals surface area contributed by atoms with E-state index in [4.69, 9.17) is 4.74 Å². The van der Waals surface area contributed by atoms with Crippen LogP contribution in [0.2, 0.25) is 0 Å². The van der Waals surface area contributed by atoms with Gasteiger partial charge < -0.3 is 15.4 Å². The molecular weight excluding hydrogens is 354 g/mol. The minimum Gasteiger partial charge on any atom is -0.497 e. The Balaban J connectivity index is 1.94. The first-order valence-corrected chi connectivity index (χ1v) is 8.67. The summed E-state index contributed by atoms with van der Waals surface area (Å²) in [5.41, 5.74) is 1.10. The highest BCUT2D eigenvalue weighted by atomic mass is 32.2. The summed E-state index contributed by atoms with van der Waals surface area (Å²) in [5, 5.41) is 5.10. The van der Waals surface area contributed by atoms with Crippen LogP contribution in [0.15, 0.2) is 53.4 Å². The van der Waals surface area contributed by atoms with Crippen molar-refractivity contribution in [2.75, 3.05) is 12.4 Å². The maximum absolute atomic E-state index is 12.4. The molecule has 2 rings (SSSR count). The highest BCUT2D eigenvalue weighted by Crippen LogP contribution is 2.20. The third-order valence-electron chi connectivity index (χ3n) is 3.26. The van der Waals surface area contributed by atoms with Crippen molar-refractivity contribution in [2.24, 2.45) is 0 Å². The summed E-state index contributed by atoms with van der Waals surface area (Å²) < 4.78 is 52.6. The van der Waals surface area contributed by atoms with E-state index >= 15 is 0 Å². The van der Waals surface area contributed by atoms with Crippen LogP contribution in [0.25, 0.3) is 0 Å². The van der Waals surface area contributed by atoms with Gasteiger partial charge in [-0.15, -0.1) is 0 Å². The van der Waals surface area contributed by atoms with E-state index in [-0.39, 0.29) is 12.2 Å². The number of hydrogen-bond donors (Lipinski definition) is 2. The van der Waals surface area contributed by atoms with Crippen molar-refractivity contribution >= 4 is 21.6 Å². The molecule has 0 aliphatic heterocycles. The number of amides is 2. The molecule has 0 spiro atoms. The lowest BCUT2D eigenvalue weighted by atomic mass is 10.2. The SMILES string of the molecule is COc1cccc(CNC(=O)Nc2ccc(S(=O)(=O)C(F)F)cc2)c1. The molecule has 0 aromatic heterocycles. The lowest BCUT2D eigenvalue weighted by Gasteiger charge is -2.09. The number of ether oxygens (including phenoxy) is 1. The van der Waals surface area contributed by atoms with Crippen LogP contribution in [-0.4, -0.2) is 27.3 Å². The van der Waals surface area contributed by atoms with E-state index in [1.807, 2.05) is 6.07 Å². The van der Waals surface area contributed by atoms with Crippen LogP contribution in [-0.2, 0) is 16.4 Å². The second kappa shape index (κ2) is 7.93. The first kappa shape index (κ1) is 18.7. The topological polar surface area (TPSA) is 84.5 Å². The van der Waals surface area contributed by atoms with Crippen LogP contribution >= 0.6 is 0 Å². The summed E-state index contributed by atoms with van der Waals surface area (Å²) in [7, 11) is -3.11. The van der Waals surface area contributed by atoms with Crippen LogP contribution in [0.1, 0.15) is 5.56 Å². The van der Waals surface area contributed by atoms with E-state index in [1.54, 1.807) is 18.2 Å². The van der Waals surface area contributed by atoms with Crippen LogP contribution in [0, 0.1) is 0 Å². The molecule has 2 N–H and O–H groups in total. The Morgan fingerprint density at radius 3 is 2.44 bits per heavy atom. The van der Waals surface area contributed by atoms with Crippen molar-refractivity contribution in [3.8, 4) is 5.75 Å². The molecule has 0 unspecified atom stereocenters. The third-order valence-corrected chi connectivity index (χ3v) is 4.66. The van der Waals surface area contributed by atoms with Gasteiger partial charge in [0.1, 0.15) is 5.75 Å². The molecule has 2 amide bonds. The van der Waals surface area contributed by atoms with E-state index in [0.717, 1.165) is 17.7 Å². The van der Waals surface area contributed by atoms with Gasteiger partial charge in [0.05, 0.1) is 12.0 Å². The molecule has 0 bridgehead atoms. The Labute approximate surface area is 143 Å². The van der Waals surface area contributed by atoms with E-state index in [1.165, 1.54) is 19.2 Å². The molecule has 0 radical (unpaired) electrons. The number of sulfone groups is 1. The molecule has 0 heterocycles. The first-order chi connectivity index (χ1) is 11.8. The van der Waals surface area contributed by atoms with E-state index in [0.29, 0.717) is 5.75 Å². The molecule has 0 saturated heterocycles. The van der Waals surface area contributed by atoms with Gasteiger partial charge in [0.25, 0.3) is 0 Å². The smallest absolute Gasteiger partial charge is 0.341 e. The molecule has 6 nitrogen and oxygen atoms in total. The van der Waals surface area contributed by atoms with Gasteiger partial charge in [-0.2, -0.15) is 8.78 Å². The fourth-order valence-electron chi connectivity index (χ4n) is 1.97. The molecule has 0 fully saturated rings. The Bertz CT molecular complexity index is 839. The Hall–Kier alpha value is -2.68. The highest BCUT2D eigenvalue weighted by molar-refractivity contribution is 7.91. The first-order valence-electron chi connectivity index (χ1n) is 7.13. The Morgan fingerprint density at radius 1 is 1.16 bits per heavy atom. The Kier molecular flexibility index (Phi) is 5.92. The van der Waals surface area contributed by atoms with Gasteiger partial charge in [0.15, 0.2) is 0 Å². The van der Waals surface area contributed by atoms with Gasteiger partial charge in [-0.3, -0.25) is 0 Å². The molecule has 0 saturated carbocycles. The predicted octanol–water partition coefficient (Wildman–Crippen LogP) is 3.01. The van der Waals surface area contributed by atoms with E-state index in [2.05, 4.69) is 10.6 Å². The summed E-state index contributed by atoms with van der Waals surface area (Å²) in [4.78, 5) is 11.3. The van der Waals surface area contributed by atoms with Crippen LogP contribution < -0.4 is 15.4 Å². The zero-order valence-electron chi connectivity index (χ0n) is 13.2. The molecule has 9 heteroatoms. The fourth-order valence-corrected chi connectivity index (χ4v) is 2.69. The van der Waals surface area contributed by atoms with Gasteiger partial charge >= 0.3 is 11.8 Å². The number of nitrogens with one attached hydrogen (secondary N) is 2. The molecule has 0 aliphatic carbocycles. The molecule has 0 atom stereocenters. The number of urea groups is 1. The maximum Gasteiger partial charge on any atom is 0.341 e. The summed E-state index contributed by atoms with van der Waals surface area (Å²) in [6.45, 7) is 0.251. The Morgan fingerprint density at radius 2 is 1.84 bits per heavy atom. The van der Waals surface area contributed by atoms with Crippen LogP contribution in [0.3, 0.4) is 0 Å². The standard InChI is InChI=1S/C16H16F2N2O4S/c1-24-13-4-2-3-11(9-13)10-19-16(21)20-12-5-7-14(8-6-12)25(22,23)15(17)18/h2-9,15H,10H2,1H3,(H2,19,20,21).